The van der Waals surface area contributed by atoms with Gasteiger partial charge in [0, 0.05) is 13.2 Å². The summed E-state index contributed by atoms with van der Waals surface area (Å²) in [5.41, 5.74) is 1.64. The maximum atomic E-state index is 11.1. The molecule has 0 aliphatic carbocycles. The molecule has 1 N–H and O–H groups in total. The Morgan fingerprint density at radius 2 is 2.38 bits per heavy atom. The summed E-state index contributed by atoms with van der Waals surface area (Å²) < 4.78 is 1.82. The molecule has 0 aliphatic heterocycles. The van der Waals surface area contributed by atoms with Crippen molar-refractivity contribution < 1.29 is 9.90 Å². The smallest absolute Gasteiger partial charge is 0.314 e. The number of hydrogen-bond donors (Lipinski definition) is 1. The van der Waals surface area contributed by atoms with Crippen LogP contribution in [0.1, 0.15) is 25.1 Å². The molecule has 2 aromatic rings. The summed E-state index contributed by atoms with van der Waals surface area (Å²) in [6, 6.07) is 1.83. The second kappa shape index (κ2) is 3.92. The molecule has 2 heterocycles. The summed E-state index contributed by atoms with van der Waals surface area (Å²) in [4.78, 5) is 19.4. The molecule has 0 amide bonds. The number of fused-ring (bicyclic) bond motifs is 1. The van der Waals surface area contributed by atoms with Crippen LogP contribution in [0.15, 0.2) is 18.5 Å². The van der Waals surface area contributed by atoms with Crippen molar-refractivity contribution in [2.24, 2.45) is 7.05 Å². The van der Waals surface area contributed by atoms with Gasteiger partial charge in [0.15, 0.2) is 0 Å². The molecule has 16 heavy (non-hydrogen) atoms. The third-order valence-electron chi connectivity index (χ3n) is 2.74. The molecule has 0 spiro atoms. The Bertz CT molecular complexity index is 533. The average molecular weight is 219 g/mol. The lowest BCUT2D eigenvalue weighted by Gasteiger charge is -2.09. The highest BCUT2D eigenvalue weighted by Gasteiger charge is 2.23. The summed E-state index contributed by atoms with van der Waals surface area (Å²) in [6.45, 7) is 1.84. The van der Waals surface area contributed by atoms with E-state index in [1.807, 2.05) is 24.6 Å². The van der Waals surface area contributed by atoms with Crippen molar-refractivity contribution in [1.82, 2.24) is 14.5 Å². The van der Waals surface area contributed by atoms with E-state index in [0.29, 0.717) is 12.2 Å². The molecule has 0 aromatic carbocycles. The number of carbonyl (C=O) groups is 1. The Kier molecular flexibility index (Phi) is 2.60. The minimum absolute atomic E-state index is 0.528. The fourth-order valence-corrected chi connectivity index (χ4v) is 1.85. The minimum Gasteiger partial charge on any atom is -0.481 e. The van der Waals surface area contributed by atoms with Crippen molar-refractivity contribution in [2.45, 2.75) is 19.3 Å². The number of aliphatic carboxylic acids is 1. The van der Waals surface area contributed by atoms with E-state index in [-0.39, 0.29) is 0 Å². The molecule has 0 fully saturated rings. The van der Waals surface area contributed by atoms with Crippen LogP contribution in [-0.2, 0) is 11.8 Å². The van der Waals surface area contributed by atoms with E-state index in [2.05, 4.69) is 9.97 Å². The lowest BCUT2D eigenvalue weighted by molar-refractivity contribution is -0.139. The number of nitrogens with zero attached hydrogens (tertiary/aromatic N) is 3. The fraction of sp³-hybridized carbons (Fsp3) is 0.364. The van der Waals surface area contributed by atoms with Gasteiger partial charge in [0.25, 0.3) is 0 Å². The third kappa shape index (κ3) is 1.54. The van der Waals surface area contributed by atoms with Gasteiger partial charge in [-0.05, 0) is 12.5 Å². The molecule has 2 rings (SSSR count). The van der Waals surface area contributed by atoms with Crippen LogP contribution >= 0.6 is 0 Å². The van der Waals surface area contributed by atoms with Gasteiger partial charge in [-0.15, -0.1) is 0 Å². The predicted octanol–water partition coefficient (Wildman–Crippen LogP) is 1.55. The number of aromatic nitrogens is 3. The Hall–Kier alpha value is -1.91. The van der Waals surface area contributed by atoms with Gasteiger partial charge in [-0.3, -0.25) is 9.78 Å². The monoisotopic (exact) mass is 219 g/mol. The van der Waals surface area contributed by atoms with Crippen molar-refractivity contribution >= 4 is 17.0 Å². The standard InChI is InChI=1S/C11H13N3O2/c1-3-7(11(15)16)10-13-8-6-12-5-4-9(8)14(10)2/h4-7H,3H2,1-2H3,(H,15,16). The second-order valence-corrected chi connectivity index (χ2v) is 3.69. The topological polar surface area (TPSA) is 68.0 Å². The molecule has 5 nitrogen and oxygen atoms in total. The first-order chi connectivity index (χ1) is 7.65. The van der Waals surface area contributed by atoms with Crippen LogP contribution in [0.3, 0.4) is 0 Å². The van der Waals surface area contributed by atoms with Crippen molar-refractivity contribution in [3.05, 3.63) is 24.3 Å². The molecule has 0 saturated heterocycles. The van der Waals surface area contributed by atoms with E-state index in [1.54, 1.807) is 12.4 Å². The zero-order valence-electron chi connectivity index (χ0n) is 9.21. The van der Waals surface area contributed by atoms with Gasteiger partial charge in [0.1, 0.15) is 17.3 Å². The van der Waals surface area contributed by atoms with Crippen molar-refractivity contribution in [1.29, 1.82) is 0 Å². The number of pyridine rings is 1. The summed E-state index contributed by atoms with van der Waals surface area (Å²) in [7, 11) is 1.83. The van der Waals surface area contributed by atoms with Crippen LogP contribution < -0.4 is 0 Å². The third-order valence-corrected chi connectivity index (χ3v) is 2.74. The zero-order valence-corrected chi connectivity index (χ0v) is 9.21. The first kappa shape index (κ1) is 10.6. The lowest BCUT2D eigenvalue weighted by atomic mass is 10.1. The molecule has 84 valence electrons. The van der Waals surface area contributed by atoms with Crippen LogP contribution in [-0.4, -0.2) is 25.6 Å². The molecule has 2 aromatic heterocycles. The molecule has 0 bridgehead atoms. The summed E-state index contributed by atoms with van der Waals surface area (Å²) >= 11 is 0. The van der Waals surface area contributed by atoms with Crippen LogP contribution in [0, 0.1) is 0 Å². The number of hydrogen-bond acceptors (Lipinski definition) is 3. The van der Waals surface area contributed by atoms with Gasteiger partial charge in [0.2, 0.25) is 0 Å². The Morgan fingerprint density at radius 1 is 1.62 bits per heavy atom. The number of carboxylic acid groups (broad SMARTS) is 1. The molecule has 5 heteroatoms. The highest BCUT2D eigenvalue weighted by Crippen LogP contribution is 2.22. The van der Waals surface area contributed by atoms with Crippen LogP contribution in [0.5, 0.6) is 0 Å². The summed E-state index contributed by atoms with van der Waals surface area (Å²) in [6.07, 6.45) is 3.85. The highest BCUT2D eigenvalue weighted by atomic mass is 16.4. The van der Waals surface area contributed by atoms with Gasteiger partial charge >= 0.3 is 5.97 Å². The van der Waals surface area contributed by atoms with Gasteiger partial charge in [-0.2, -0.15) is 0 Å². The zero-order chi connectivity index (χ0) is 11.7. The van der Waals surface area contributed by atoms with E-state index in [0.717, 1.165) is 11.0 Å². The molecular formula is C11H13N3O2. The SMILES string of the molecule is CCC(C(=O)O)c1nc2cnccc2n1C. The maximum absolute atomic E-state index is 11.1. The van der Waals surface area contributed by atoms with Gasteiger partial charge in [0.05, 0.1) is 11.7 Å². The van der Waals surface area contributed by atoms with Gasteiger partial charge in [-0.25, -0.2) is 4.98 Å². The van der Waals surface area contributed by atoms with Gasteiger partial charge < -0.3 is 9.67 Å². The fourth-order valence-electron chi connectivity index (χ4n) is 1.85. The van der Waals surface area contributed by atoms with Crippen molar-refractivity contribution in [2.75, 3.05) is 0 Å². The van der Waals surface area contributed by atoms with Gasteiger partial charge in [-0.1, -0.05) is 6.92 Å². The number of aryl methyl sites for hydroxylation is 1. The number of imidazole rings is 1. The molecule has 1 atom stereocenters. The highest BCUT2D eigenvalue weighted by molar-refractivity contribution is 5.79. The van der Waals surface area contributed by atoms with Crippen LogP contribution in [0.25, 0.3) is 11.0 Å². The summed E-state index contributed by atoms with van der Waals surface area (Å²) in [5, 5.41) is 9.11. The van der Waals surface area contributed by atoms with Crippen molar-refractivity contribution in [3.63, 3.8) is 0 Å². The average Bonchev–Trinajstić information content (AvgIpc) is 2.58. The van der Waals surface area contributed by atoms with E-state index in [4.69, 9.17) is 5.11 Å². The minimum atomic E-state index is -0.839. The maximum Gasteiger partial charge on any atom is 0.314 e. The quantitative estimate of drug-likeness (QED) is 0.850. The van der Waals surface area contributed by atoms with Crippen LogP contribution in [0.4, 0.5) is 0 Å². The first-order valence-corrected chi connectivity index (χ1v) is 5.14. The normalized spacial score (nSPS) is 12.9. The van der Waals surface area contributed by atoms with E-state index in [1.165, 1.54) is 0 Å². The Balaban J connectivity index is 2.60. The largest absolute Gasteiger partial charge is 0.481 e. The number of carboxylic acids is 1. The molecule has 0 saturated carbocycles. The molecular weight excluding hydrogens is 206 g/mol. The number of rotatable bonds is 3. The Morgan fingerprint density at radius 3 is 2.94 bits per heavy atom. The second-order valence-electron chi connectivity index (χ2n) is 3.69. The van der Waals surface area contributed by atoms with Crippen molar-refractivity contribution in [3.8, 4) is 0 Å². The molecule has 0 aliphatic rings. The van der Waals surface area contributed by atoms with E-state index in [9.17, 15) is 4.79 Å². The predicted molar refractivity (Wildman–Crippen MR) is 59.2 cm³/mol. The Labute approximate surface area is 92.8 Å². The van der Waals surface area contributed by atoms with E-state index >= 15 is 0 Å². The molecule has 0 radical (unpaired) electrons. The van der Waals surface area contributed by atoms with Crippen LogP contribution in [0.2, 0.25) is 0 Å². The first-order valence-electron chi connectivity index (χ1n) is 5.14. The molecule has 1 unspecified atom stereocenters. The van der Waals surface area contributed by atoms with E-state index < -0.39 is 11.9 Å². The summed E-state index contributed by atoms with van der Waals surface area (Å²) in [5.74, 6) is -0.815. The lowest BCUT2D eigenvalue weighted by Crippen LogP contribution is -2.15.